The number of benzene rings is 1. The molecule has 0 saturated heterocycles. The molecular weight excluding hydrogens is 250 g/mol. The van der Waals surface area contributed by atoms with Crippen molar-refractivity contribution in [3.05, 3.63) is 46.6 Å². The van der Waals surface area contributed by atoms with Gasteiger partial charge in [-0.3, -0.25) is 0 Å². The van der Waals surface area contributed by atoms with Gasteiger partial charge in [-0.05, 0) is 30.5 Å². The van der Waals surface area contributed by atoms with Gasteiger partial charge in [0.15, 0.2) is 5.82 Å². The molecule has 3 rings (SSSR count). The fourth-order valence-corrected chi connectivity index (χ4v) is 2.00. The van der Waals surface area contributed by atoms with Crippen molar-refractivity contribution in [3.8, 4) is 0 Å². The maximum absolute atomic E-state index is 5.93. The lowest BCUT2D eigenvalue weighted by atomic mass is 10.1. The highest BCUT2D eigenvalue weighted by atomic mass is 35.5. The topological polar surface area (TPSA) is 51.0 Å². The summed E-state index contributed by atoms with van der Waals surface area (Å²) in [6.45, 7) is 0.660. The first-order chi connectivity index (χ1) is 8.79. The zero-order valence-electron chi connectivity index (χ0n) is 9.90. The molecule has 0 unspecified atom stereocenters. The smallest absolute Gasteiger partial charge is 0.240 e. The van der Waals surface area contributed by atoms with E-state index in [0.717, 1.165) is 10.6 Å². The van der Waals surface area contributed by atoms with Crippen LogP contribution in [-0.2, 0) is 13.0 Å². The lowest BCUT2D eigenvalue weighted by molar-refractivity contribution is 0.363. The molecule has 0 amide bonds. The summed E-state index contributed by atoms with van der Waals surface area (Å²) < 4.78 is 5.19. The third-order valence-electron chi connectivity index (χ3n) is 2.88. The van der Waals surface area contributed by atoms with E-state index in [4.69, 9.17) is 16.1 Å². The van der Waals surface area contributed by atoms with Crippen LogP contribution in [0.1, 0.15) is 30.1 Å². The third kappa shape index (κ3) is 3.09. The first-order valence-corrected chi connectivity index (χ1v) is 6.47. The molecule has 1 N–H and O–H groups in total. The second-order valence-electron chi connectivity index (χ2n) is 4.57. The number of hydrogen-bond donors (Lipinski definition) is 1. The van der Waals surface area contributed by atoms with Crippen molar-refractivity contribution in [2.45, 2.75) is 31.8 Å². The van der Waals surface area contributed by atoms with Gasteiger partial charge in [0.2, 0.25) is 5.89 Å². The van der Waals surface area contributed by atoms with Gasteiger partial charge in [-0.2, -0.15) is 4.98 Å². The highest BCUT2D eigenvalue weighted by molar-refractivity contribution is 6.30. The van der Waals surface area contributed by atoms with Crippen molar-refractivity contribution >= 4 is 11.6 Å². The van der Waals surface area contributed by atoms with Crippen molar-refractivity contribution in [1.29, 1.82) is 0 Å². The molecule has 4 nitrogen and oxygen atoms in total. The van der Waals surface area contributed by atoms with E-state index in [9.17, 15) is 0 Å². The minimum absolute atomic E-state index is 0.646. The van der Waals surface area contributed by atoms with Gasteiger partial charge in [-0.15, -0.1) is 0 Å². The van der Waals surface area contributed by atoms with Crippen LogP contribution in [0.5, 0.6) is 0 Å². The summed E-state index contributed by atoms with van der Waals surface area (Å²) in [6.07, 6.45) is 3.15. The maximum Gasteiger partial charge on any atom is 0.240 e. The predicted octanol–water partition coefficient (Wildman–Crippen LogP) is 2.57. The van der Waals surface area contributed by atoms with E-state index in [-0.39, 0.29) is 0 Å². The Morgan fingerprint density at radius 3 is 3.06 bits per heavy atom. The number of rotatable bonds is 5. The molecule has 1 aliphatic carbocycles. The zero-order valence-corrected chi connectivity index (χ0v) is 10.7. The van der Waals surface area contributed by atoms with Crippen molar-refractivity contribution in [1.82, 2.24) is 15.5 Å². The van der Waals surface area contributed by atoms with Crippen LogP contribution in [-0.4, -0.2) is 16.2 Å². The molecule has 1 aromatic carbocycles. The fourth-order valence-electron chi connectivity index (χ4n) is 1.78. The van der Waals surface area contributed by atoms with Gasteiger partial charge in [0.05, 0.1) is 6.54 Å². The minimum Gasteiger partial charge on any atom is -0.338 e. The van der Waals surface area contributed by atoms with Crippen LogP contribution in [0.3, 0.4) is 0 Å². The van der Waals surface area contributed by atoms with Crippen LogP contribution in [0.25, 0.3) is 0 Å². The van der Waals surface area contributed by atoms with Gasteiger partial charge in [0.1, 0.15) is 0 Å². The number of nitrogens with one attached hydrogen (secondary N) is 1. The van der Waals surface area contributed by atoms with Gasteiger partial charge in [0, 0.05) is 17.5 Å². The van der Waals surface area contributed by atoms with Gasteiger partial charge in [-0.25, -0.2) is 0 Å². The zero-order chi connectivity index (χ0) is 12.4. The Balaban J connectivity index is 1.61. The Morgan fingerprint density at radius 1 is 1.39 bits per heavy atom. The highest BCUT2D eigenvalue weighted by Crippen LogP contribution is 2.19. The van der Waals surface area contributed by atoms with Crippen LogP contribution >= 0.6 is 11.6 Å². The number of nitrogens with zero attached hydrogens (tertiary/aromatic N) is 2. The lowest BCUT2D eigenvalue weighted by Gasteiger charge is -1.97. The van der Waals surface area contributed by atoms with Crippen molar-refractivity contribution in [3.63, 3.8) is 0 Å². The second kappa shape index (κ2) is 5.08. The molecule has 0 atom stereocenters. The van der Waals surface area contributed by atoms with Gasteiger partial charge < -0.3 is 9.84 Å². The summed E-state index contributed by atoms with van der Waals surface area (Å²) in [5, 5.41) is 8.04. The molecule has 1 saturated carbocycles. The summed E-state index contributed by atoms with van der Waals surface area (Å²) in [7, 11) is 0. The van der Waals surface area contributed by atoms with E-state index in [0.29, 0.717) is 30.7 Å². The molecule has 18 heavy (non-hydrogen) atoms. The van der Waals surface area contributed by atoms with E-state index in [1.165, 1.54) is 12.8 Å². The van der Waals surface area contributed by atoms with Crippen molar-refractivity contribution in [2.75, 3.05) is 0 Å². The Bertz CT molecular complexity index is 537. The monoisotopic (exact) mass is 263 g/mol. The molecular formula is C13H14ClN3O. The molecule has 1 aromatic heterocycles. The Labute approximate surface area is 110 Å². The molecule has 0 bridgehead atoms. The summed E-state index contributed by atoms with van der Waals surface area (Å²) in [5.41, 5.74) is 1.09. The fraction of sp³-hybridized carbons (Fsp3) is 0.385. The van der Waals surface area contributed by atoms with Crippen LogP contribution in [0.4, 0.5) is 0 Å². The molecule has 2 aromatic rings. The molecule has 1 aliphatic rings. The molecule has 0 spiro atoms. The summed E-state index contributed by atoms with van der Waals surface area (Å²) in [6, 6.07) is 8.34. The van der Waals surface area contributed by atoms with Gasteiger partial charge in [-0.1, -0.05) is 28.9 Å². The third-order valence-corrected chi connectivity index (χ3v) is 3.12. The van der Waals surface area contributed by atoms with E-state index in [1.807, 2.05) is 24.3 Å². The number of halogens is 1. The van der Waals surface area contributed by atoms with E-state index < -0.39 is 0 Å². The van der Waals surface area contributed by atoms with E-state index >= 15 is 0 Å². The van der Waals surface area contributed by atoms with E-state index in [1.54, 1.807) is 0 Å². The second-order valence-corrected chi connectivity index (χ2v) is 5.00. The molecule has 0 aliphatic heterocycles. The average molecular weight is 264 g/mol. The number of aromatic nitrogens is 2. The van der Waals surface area contributed by atoms with Gasteiger partial charge in [0.25, 0.3) is 0 Å². The largest absolute Gasteiger partial charge is 0.338 e. The number of hydrogen-bond acceptors (Lipinski definition) is 4. The normalized spacial score (nSPS) is 14.9. The van der Waals surface area contributed by atoms with Crippen molar-refractivity contribution < 1.29 is 4.52 Å². The van der Waals surface area contributed by atoms with Crippen molar-refractivity contribution in [2.24, 2.45) is 0 Å². The summed E-state index contributed by atoms with van der Waals surface area (Å²) in [5.74, 6) is 1.35. The first-order valence-electron chi connectivity index (χ1n) is 6.09. The van der Waals surface area contributed by atoms with Crippen LogP contribution in [0, 0.1) is 0 Å². The van der Waals surface area contributed by atoms with Gasteiger partial charge >= 0.3 is 0 Å². The molecule has 1 heterocycles. The Morgan fingerprint density at radius 2 is 2.28 bits per heavy atom. The van der Waals surface area contributed by atoms with Crippen LogP contribution < -0.4 is 5.32 Å². The van der Waals surface area contributed by atoms with Crippen LogP contribution in [0.2, 0.25) is 5.02 Å². The maximum atomic E-state index is 5.93. The molecule has 94 valence electrons. The van der Waals surface area contributed by atoms with E-state index in [2.05, 4.69) is 15.5 Å². The molecule has 0 radical (unpaired) electrons. The molecule has 5 heteroatoms. The Hall–Kier alpha value is -1.39. The SMILES string of the molecule is Clc1cccc(Cc2noc(CNC3CC3)n2)c1. The Kier molecular flexibility index (Phi) is 3.30. The molecule has 1 fully saturated rings. The minimum atomic E-state index is 0.646. The highest BCUT2D eigenvalue weighted by Gasteiger charge is 2.21. The average Bonchev–Trinajstić information content (AvgIpc) is 3.08. The standard InChI is InChI=1S/C13H14ClN3O/c14-10-3-1-2-9(6-10)7-12-16-13(18-17-12)8-15-11-4-5-11/h1-3,6,11,15H,4-5,7-8H2. The summed E-state index contributed by atoms with van der Waals surface area (Å²) >= 11 is 5.93. The van der Waals surface area contributed by atoms with Crippen LogP contribution in [0.15, 0.2) is 28.8 Å². The predicted molar refractivity (Wildman–Crippen MR) is 68.4 cm³/mol. The summed E-state index contributed by atoms with van der Waals surface area (Å²) in [4.78, 5) is 4.35. The quantitative estimate of drug-likeness (QED) is 0.901. The lowest BCUT2D eigenvalue weighted by Crippen LogP contribution is -2.15. The first kappa shape index (κ1) is 11.7.